The molecule has 0 aliphatic carbocycles. The molecule has 0 amide bonds. The summed E-state index contributed by atoms with van der Waals surface area (Å²) in [6.07, 6.45) is 12.2. The number of carbonyl (C=O) groups excluding carboxylic acids is 1. The molecule has 9 heteroatoms. The summed E-state index contributed by atoms with van der Waals surface area (Å²) in [7, 11) is 0. The number of hydrogen-bond donors (Lipinski definition) is 1. The number of imidazole rings is 1. The number of fused-ring (bicyclic) bond motifs is 1. The zero-order valence-corrected chi connectivity index (χ0v) is 35.7. The van der Waals surface area contributed by atoms with E-state index in [1.165, 1.54) is 72.4 Å². The molecule has 0 radical (unpaired) electrons. The summed E-state index contributed by atoms with van der Waals surface area (Å²) in [5.41, 5.74) is 8.36. The fourth-order valence-electron chi connectivity index (χ4n) is 6.04. The van der Waals surface area contributed by atoms with E-state index in [2.05, 4.69) is 160 Å². The first-order chi connectivity index (χ1) is 24.3. The van der Waals surface area contributed by atoms with Crippen LogP contribution in [0.25, 0.3) is 16.9 Å². The molecule has 0 fully saturated rings. The maximum absolute atomic E-state index is 11.1. The van der Waals surface area contributed by atoms with Gasteiger partial charge in [-0.3, -0.25) is 9.79 Å². The number of amidine groups is 1. The summed E-state index contributed by atoms with van der Waals surface area (Å²) in [6, 6.07) is 33.3. The summed E-state index contributed by atoms with van der Waals surface area (Å²) < 4.78 is 7.03. The average Bonchev–Trinajstić information content (AvgIpc) is 3.31. The molecule has 1 aromatic heterocycles. The lowest BCUT2D eigenvalue weighted by molar-refractivity contribution is -0.692. The second kappa shape index (κ2) is 21.0. The molecule has 51 heavy (non-hydrogen) atoms. The first-order valence-electron chi connectivity index (χ1n) is 17.5. The van der Waals surface area contributed by atoms with Crippen molar-refractivity contribution in [2.45, 2.75) is 71.8 Å². The van der Waals surface area contributed by atoms with Gasteiger partial charge in [0.1, 0.15) is 17.7 Å². The van der Waals surface area contributed by atoms with Gasteiger partial charge in [-0.2, -0.15) is 4.57 Å². The van der Waals surface area contributed by atoms with Crippen LogP contribution >= 0.6 is 47.8 Å². The molecular formula is C42H46Br4N4O. The highest BCUT2D eigenvalue weighted by atomic mass is 79.9. The van der Waals surface area contributed by atoms with E-state index in [4.69, 9.17) is 0 Å². The summed E-state index contributed by atoms with van der Waals surface area (Å²) in [6.45, 7) is 6.34. The molecule has 0 saturated carbocycles. The van der Waals surface area contributed by atoms with Crippen LogP contribution in [0.5, 0.6) is 0 Å². The van der Waals surface area contributed by atoms with E-state index < -0.39 is 0 Å². The first kappa shape index (κ1) is 40.9. The molecule has 4 aromatic carbocycles. The van der Waals surface area contributed by atoms with E-state index in [9.17, 15) is 4.79 Å². The van der Waals surface area contributed by atoms with Gasteiger partial charge in [0.05, 0.1) is 11.9 Å². The van der Waals surface area contributed by atoms with Crippen molar-refractivity contribution in [1.82, 2.24) is 4.57 Å². The highest BCUT2D eigenvalue weighted by molar-refractivity contribution is 9.10. The summed E-state index contributed by atoms with van der Waals surface area (Å²) in [5.74, 6) is 2.68. The van der Waals surface area contributed by atoms with Gasteiger partial charge in [0.15, 0.2) is 11.5 Å². The third-order valence-electron chi connectivity index (χ3n) is 8.87. The maximum Gasteiger partial charge on any atom is 0.262 e. The highest BCUT2D eigenvalue weighted by Gasteiger charge is 2.26. The van der Waals surface area contributed by atoms with Crippen LogP contribution in [-0.2, 0) is 13.0 Å². The van der Waals surface area contributed by atoms with E-state index in [0.29, 0.717) is 5.33 Å². The molecule has 0 unspecified atom stereocenters. The second-order valence-corrected chi connectivity index (χ2v) is 15.2. The van der Waals surface area contributed by atoms with Gasteiger partial charge in [-0.15, -0.1) is 0 Å². The SMILES string of the molecule is Cc1ccc(-n2cc(-c3ccc(Br)cc3)[n+]3c2CCCCC3)cc1.Cc1ccc(NC2=NCCCCC2)cc1.O=C(CBr)c1ccc(Br)cc1.[Br-]. The van der Waals surface area contributed by atoms with Gasteiger partial charge in [0.2, 0.25) is 0 Å². The summed E-state index contributed by atoms with van der Waals surface area (Å²) in [5, 5.41) is 3.78. The highest BCUT2D eigenvalue weighted by Crippen LogP contribution is 2.25. The van der Waals surface area contributed by atoms with Gasteiger partial charge in [0.25, 0.3) is 5.82 Å². The monoisotopic (exact) mass is 938 g/mol. The van der Waals surface area contributed by atoms with Crippen molar-refractivity contribution in [1.29, 1.82) is 0 Å². The number of nitrogens with one attached hydrogen (secondary N) is 1. The zero-order valence-electron chi connectivity index (χ0n) is 29.4. The topological polar surface area (TPSA) is 50.3 Å². The number of rotatable bonds is 5. The summed E-state index contributed by atoms with van der Waals surface area (Å²) in [4.78, 5) is 15.6. The molecule has 0 saturated heterocycles. The lowest BCUT2D eigenvalue weighted by atomic mass is 10.1. The van der Waals surface area contributed by atoms with Crippen LogP contribution in [0.15, 0.2) is 117 Å². The number of hydrogen-bond acceptors (Lipinski definition) is 3. The fourth-order valence-corrected chi connectivity index (χ4v) is 6.90. The third kappa shape index (κ3) is 12.4. The largest absolute Gasteiger partial charge is 1.00 e. The Morgan fingerprint density at radius 2 is 1.33 bits per heavy atom. The molecule has 5 nitrogen and oxygen atoms in total. The molecule has 5 aromatic rings. The van der Waals surface area contributed by atoms with Crippen molar-refractivity contribution in [3.8, 4) is 16.9 Å². The van der Waals surface area contributed by atoms with Crippen molar-refractivity contribution in [2.24, 2.45) is 4.99 Å². The molecule has 2 aliphatic heterocycles. The van der Waals surface area contributed by atoms with Gasteiger partial charge in [0, 0.05) is 45.1 Å². The summed E-state index contributed by atoms with van der Waals surface area (Å²) >= 11 is 9.94. The van der Waals surface area contributed by atoms with Crippen LogP contribution in [0.3, 0.4) is 0 Å². The van der Waals surface area contributed by atoms with Gasteiger partial charge < -0.3 is 22.3 Å². The van der Waals surface area contributed by atoms with E-state index >= 15 is 0 Å². The lowest BCUT2D eigenvalue weighted by Gasteiger charge is -2.08. The van der Waals surface area contributed by atoms with Crippen LogP contribution in [0.4, 0.5) is 5.69 Å². The van der Waals surface area contributed by atoms with Crippen molar-refractivity contribution in [3.63, 3.8) is 0 Å². The predicted octanol–water partition coefficient (Wildman–Crippen LogP) is 8.64. The predicted molar refractivity (Wildman–Crippen MR) is 219 cm³/mol. The number of carbonyl (C=O) groups is 1. The van der Waals surface area contributed by atoms with E-state index in [-0.39, 0.29) is 22.8 Å². The first-order valence-corrected chi connectivity index (χ1v) is 20.2. The van der Waals surface area contributed by atoms with Gasteiger partial charge >= 0.3 is 0 Å². The van der Waals surface area contributed by atoms with Crippen LogP contribution in [0.1, 0.15) is 72.3 Å². The Hall–Kier alpha value is -2.85. The third-order valence-corrected chi connectivity index (χ3v) is 10.4. The van der Waals surface area contributed by atoms with Crippen LogP contribution in [-0.4, -0.2) is 28.1 Å². The Balaban J connectivity index is 0.000000186. The Morgan fingerprint density at radius 3 is 1.98 bits per heavy atom. The molecule has 3 heterocycles. The number of nitrogens with zero attached hydrogens (tertiary/aromatic N) is 3. The Labute approximate surface area is 339 Å². The number of aromatic nitrogens is 2. The van der Waals surface area contributed by atoms with Crippen LogP contribution < -0.4 is 26.9 Å². The van der Waals surface area contributed by atoms with Crippen LogP contribution in [0, 0.1) is 13.8 Å². The Kier molecular flexibility index (Phi) is 16.8. The number of Topliss-reactive ketones (excluding diaryl/α,β-unsaturated/α-hetero) is 1. The standard InChI is InChI=1S/C21H22BrN2.C13H18N2.C8H6Br2O.BrH/c1-16-6-12-19(13-7-16)24-15-20(17-8-10-18(22)11-9-17)23-14-4-2-3-5-21(23)24;1-11-6-8-12(9-7-11)15-13-5-3-2-4-10-14-13;9-5-8(11)6-1-3-7(10)4-2-6;/h6-13,15H,2-5,14H2,1H3;6-9H,2-5,10H2,1H3,(H,14,15);1-4H,5H2;1H/q+1;;;/p-1. The number of anilines is 1. The smallest absolute Gasteiger partial charge is 0.262 e. The van der Waals surface area contributed by atoms with Gasteiger partial charge in [-0.05, 0) is 107 Å². The molecule has 268 valence electrons. The molecule has 0 atom stereocenters. The molecule has 0 bridgehead atoms. The van der Waals surface area contributed by atoms with Crippen molar-refractivity contribution < 1.29 is 26.3 Å². The van der Waals surface area contributed by atoms with Crippen molar-refractivity contribution in [2.75, 3.05) is 17.2 Å². The molecule has 0 spiro atoms. The number of ketones is 1. The Morgan fingerprint density at radius 1 is 0.745 bits per heavy atom. The van der Waals surface area contributed by atoms with E-state index in [0.717, 1.165) is 52.0 Å². The van der Waals surface area contributed by atoms with Crippen LogP contribution in [0.2, 0.25) is 0 Å². The second-order valence-electron chi connectivity index (χ2n) is 12.8. The number of benzene rings is 4. The number of alkyl halides is 1. The number of halogens is 4. The fraction of sp³-hybridized carbons (Fsp3) is 0.310. The number of aryl methyl sites for hydroxylation is 2. The molecular weight excluding hydrogens is 896 g/mol. The normalized spacial score (nSPS) is 13.7. The van der Waals surface area contributed by atoms with E-state index in [1.807, 2.05) is 12.1 Å². The molecule has 2 aliphatic rings. The minimum atomic E-state index is 0. The zero-order chi connectivity index (χ0) is 35.3. The Bertz CT molecular complexity index is 1780. The molecule has 1 N–H and O–H groups in total. The molecule has 7 rings (SSSR count). The van der Waals surface area contributed by atoms with Crippen molar-refractivity contribution >= 4 is 65.1 Å². The number of aliphatic imine (C=N–C) groups is 1. The van der Waals surface area contributed by atoms with Gasteiger partial charge in [-0.25, -0.2) is 4.57 Å². The maximum atomic E-state index is 11.1. The van der Waals surface area contributed by atoms with E-state index in [1.54, 1.807) is 12.1 Å². The quantitative estimate of drug-likeness (QED) is 0.109. The minimum absolute atomic E-state index is 0. The van der Waals surface area contributed by atoms with Crippen molar-refractivity contribution in [3.05, 3.63) is 135 Å². The average molecular weight is 942 g/mol. The lowest BCUT2D eigenvalue weighted by Crippen LogP contribution is -3.00. The minimum Gasteiger partial charge on any atom is -1.00 e. The van der Waals surface area contributed by atoms with Gasteiger partial charge in [-0.1, -0.05) is 102 Å².